The summed E-state index contributed by atoms with van der Waals surface area (Å²) in [5.41, 5.74) is 6.56. The predicted molar refractivity (Wildman–Crippen MR) is 58.2 cm³/mol. The summed E-state index contributed by atoms with van der Waals surface area (Å²) in [5.74, 6) is 0.512. The lowest BCUT2D eigenvalue weighted by Crippen LogP contribution is -2.14. The van der Waals surface area contributed by atoms with Gasteiger partial charge in [0.1, 0.15) is 0 Å². The van der Waals surface area contributed by atoms with Crippen molar-refractivity contribution in [2.45, 2.75) is 17.5 Å². The van der Waals surface area contributed by atoms with Crippen LogP contribution in [0.4, 0.5) is 0 Å². The molecule has 3 nitrogen and oxygen atoms in total. The van der Waals surface area contributed by atoms with E-state index in [2.05, 4.69) is 0 Å². The van der Waals surface area contributed by atoms with Crippen LogP contribution in [-0.2, 0) is 6.54 Å². The van der Waals surface area contributed by atoms with Crippen molar-refractivity contribution >= 4 is 11.8 Å². The Balaban J connectivity index is 2.43. The highest BCUT2D eigenvalue weighted by Gasteiger charge is 2.02. The SMILES string of the molecule is NCc1ccc(SCC(O)CO)cc1. The molecule has 0 saturated heterocycles. The molecule has 1 unspecified atom stereocenters. The third kappa shape index (κ3) is 3.67. The molecule has 0 heterocycles. The van der Waals surface area contributed by atoms with Crippen LogP contribution in [0, 0.1) is 0 Å². The number of thioether (sulfide) groups is 1. The number of aliphatic hydroxyl groups excluding tert-OH is 2. The van der Waals surface area contributed by atoms with Gasteiger partial charge in [0, 0.05) is 17.2 Å². The first-order valence-corrected chi connectivity index (χ1v) is 5.45. The summed E-state index contributed by atoms with van der Waals surface area (Å²) < 4.78 is 0. The van der Waals surface area contributed by atoms with Crippen molar-refractivity contribution < 1.29 is 10.2 Å². The maximum absolute atomic E-state index is 9.13. The first kappa shape index (κ1) is 11.5. The fourth-order valence-electron chi connectivity index (χ4n) is 0.967. The third-order valence-electron chi connectivity index (χ3n) is 1.81. The second-order valence-electron chi connectivity index (χ2n) is 3.00. The number of rotatable bonds is 5. The highest BCUT2D eigenvalue weighted by Crippen LogP contribution is 2.18. The van der Waals surface area contributed by atoms with Crippen molar-refractivity contribution in [1.82, 2.24) is 0 Å². The average Bonchev–Trinajstić information content (AvgIpc) is 2.26. The molecule has 78 valence electrons. The van der Waals surface area contributed by atoms with Gasteiger partial charge in [0.25, 0.3) is 0 Å². The fourth-order valence-corrected chi connectivity index (χ4v) is 1.79. The van der Waals surface area contributed by atoms with Crippen molar-refractivity contribution in [3.05, 3.63) is 29.8 Å². The zero-order chi connectivity index (χ0) is 10.4. The van der Waals surface area contributed by atoms with Crippen LogP contribution < -0.4 is 5.73 Å². The summed E-state index contributed by atoms with van der Waals surface area (Å²) in [7, 11) is 0. The van der Waals surface area contributed by atoms with Crippen LogP contribution >= 0.6 is 11.8 Å². The van der Waals surface area contributed by atoms with Crippen LogP contribution in [0.25, 0.3) is 0 Å². The lowest BCUT2D eigenvalue weighted by molar-refractivity contribution is 0.113. The molecule has 0 bridgehead atoms. The molecule has 0 aliphatic rings. The van der Waals surface area contributed by atoms with E-state index in [0.29, 0.717) is 12.3 Å². The molecular formula is C10H15NO2S. The lowest BCUT2D eigenvalue weighted by Gasteiger charge is -2.06. The van der Waals surface area contributed by atoms with Gasteiger partial charge in [-0.2, -0.15) is 0 Å². The zero-order valence-corrected chi connectivity index (χ0v) is 8.70. The van der Waals surface area contributed by atoms with Crippen LogP contribution in [0.2, 0.25) is 0 Å². The van der Waals surface area contributed by atoms with Crippen molar-refractivity contribution in [3.63, 3.8) is 0 Å². The first-order valence-electron chi connectivity index (χ1n) is 4.47. The normalized spacial score (nSPS) is 12.8. The van der Waals surface area contributed by atoms with Gasteiger partial charge in [-0.3, -0.25) is 0 Å². The van der Waals surface area contributed by atoms with Gasteiger partial charge in [-0.05, 0) is 17.7 Å². The van der Waals surface area contributed by atoms with Gasteiger partial charge in [-0.1, -0.05) is 12.1 Å². The molecule has 0 fully saturated rings. The molecule has 0 aliphatic carbocycles. The molecule has 4 heteroatoms. The highest BCUT2D eigenvalue weighted by atomic mass is 32.2. The van der Waals surface area contributed by atoms with E-state index in [1.54, 1.807) is 0 Å². The second kappa shape index (κ2) is 6.03. The van der Waals surface area contributed by atoms with Crippen molar-refractivity contribution in [3.8, 4) is 0 Å². The molecule has 0 aliphatic heterocycles. The Morgan fingerprint density at radius 1 is 1.29 bits per heavy atom. The Kier molecular flexibility index (Phi) is 4.97. The number of aliphatic hydroxyl groups is 2. The van der Waals surface area contributed by atoms with E-state index in [-0.39, 0.29) is 6.61 Å². The van der Waals surface area contributed by atoms with Crippen molar-refractivity contribution in [2.75, 3.05) is 12.4 Å². The number of hydrogen-bond donors (Lipinski definition) is 3. The molecule has 0 amide bonds. The van der Waals surface area contributed by atoms with Gasteiger partial charge in [-0.25, -0.2) is 0 Å². The van der Waals surface area contributed by atoms with Crippen LogP contribution in [0.5, 0.6) is 0 Å². The first-order chi connectivity index (χ1) is 6.76. The molecule has 0 saturated carbocycles. The van der Waals surface area contributed by atoms with Gasteiger partial charge in [0.05, 0.1) is 12.7 Å². The molecule has 4 N–H and O–H groups in total. The summed E-state index contributed by atoms with van der Waals surface area (Å²) in [5, 5.41) is 17.7. The predicted octanol–water partition coefficient (Wildman–Crippen LogP) is 0.591. The topological polar surface area (TPSA) is 66.5 Å². The van der Waals surface area contributed by atoms with Gasteiger partial charge in [-0.15, -0.1) is 11.8 Å². The van der Waals surface area contributed by atoms with E-state index in [0.717, 1.165) is 10.5 Å². The van der Waals surface area contributed by atoms with Crippen molar-refractivity contribution in [1.29, 1.82) is 0 Å². The summed E-state index contributed by atoms with van der Waals surface area (Å²) in [6, 6.07) is 7.87. The van der Waals surface area contributed by atoms with E-state index < -0.39 is 6.10 Å². The Bertz CT molecular complexity index is 263. The minimum absolute atomic E-state index is 0.187. The second-order valence-corrected chi connectivity index (χ2v) is 4.09. The third-order valence-corrected chi connectivity index (χ3v) is 2.97. The maximum atomic E-state index is 9.13. The van der Waals surface area contributed by atoms with E-state index in [9.17, 15) is 0 Å². The maximum Gasteiger partial charge on any atom is 0.0864 e. The minimum Gasteiger partial charge on any atom is -0.394 e. The molecule has 1 atom stereocenters. The van der Waals surface area contributed by atoms with Crippen LogP contribution in [0.1, 0.15) is 5.56 Å². The van der Waals surface area contributed by atoms with Gasteiger partial charge >= 0.3 is 0 Å². The lowest BCUT2D eigenvalue weighted by atomic mass is 10.2. The van der Waals surface area contributed by atoms with Crippen LogP contribution in [0.3, 0.4) is 0 Å². The minimum atomic E-state index is -0.644. The summed E-state index contributed by atoms with van der Waals surface area (Å²) in [6.07, 6.45) is -0.644. The molecule has 1 aromatic rings. The molecule has 0 radical (unpaired) electrons. The largest absolute Gasteiger partial charge is 0.394 e. The zero-order valence-electron chi connectivity index (χ0n) is 7.89. The van der Waals surface area contributed by atoms with Crippen LogP contribution in [0.15, 0.2) is 29.2 Å². The molecule has 0 aromatic heterocycles. The van der Waals surface area contributed by atoms with E-state index in [4.69, 9.17) is 15.9 Å². The molecular weight excluding hydrogens is 198 g/mol. The Hall–Kier alpha value is -0.550. The van der Waals surface area contributed by atoms with Gasteiger partial charge < -0.3 is 15.9 Å². The molecule has 14 heavy (non-hydrogen) atoms. The number of benzene rings is 1. The van der Waals surface area contributed by atoms with Crippen molar-refractivity contribution in [2.24, 2.45) is 5.73 Å². The quantitative estimate of drug-likeness (QED) is 0.626. The average molecular weight is 213 g/mol. The highest BCUT2D eigenvalue weighted by molar-refractivity contribution is 7.99. The summed E-state index contributed by atoms with van der Waals surface area (Å²) in [6.45, 7) is 0.359. The standard InChI is InChI=1S/C10H15NO2S/c11-5-8-1-3-10(4-2-8)14-7-9(13)6-12/h1-4,9,12-13H,5-7,11H2. The Labute approximate surface area is 87.9 Å². The number of nitrogens with two attached hydrogens (primary N) is 1. The van der Waals surface area contributed by atoms with Gasteiger partial charge in [0.15, 0.2) is 0 Å². The smallest absolute Gasteiger partial charge is 0.0864 e. The molecule has 1 aromatic carbocycles. The molecule has 0 spiro atoms. The van der Waals surface area contributed by atoms with Crippen LogP contribution in [-0.4, -0.2) is 28.7 Å². The molecule has 1 rings (SSSR count). The van der Waals surface area contributed by atoms with Gasteiger partial charge in [0.2, 0.25) is 0 Å². The number of hydrogen-bond acceptors (Lipinski definition) is 4. The van der Waals surface area contributed by atoms with E-state index in [1.165, 1.54) is 11.8 Å². The van der Waals surface area contributed by atoms with E-state index >= 15 is 0 Å². The fraction of sp³-hybridized carbons (Fsp3) is 0.400. The summed E-state index contributed by atoms with van der Waals surface area (Å²) in [4.78, 5) is 1.08. The Morgan fingerprint density at radius 3 is 2.43 bits per heavy atom. The Morgan fingerprint density at radius 2 is 1.93 bits per heavy atom. The summed E-state index contributed by atoms with van der Waals surface area (Å²) >= 11 is 1.52. The van der Waals surface area contributed by atoms with E-state index in [1.807, 2.05) is 24.3 Å². The monoisotopic (exact) mass is 213 g/mol.